The number of aromatic amines is 1. The van der Waals surface area contributed by atoms with Gasteiger partial charge in [0, 0.05) is 17.1 Å². The zero-order valence-corrected chi connectivity index (χ0v) is 10.7. The highest BCUT2D eigenvalue weighted by Gasteiger charge is 2.10. The average Bonchev–Trinajstić information content (AvgIpc) is 2.68. The molecule has 0 spiro atoms. The summed E-state index contributed by atoms with van der Waals surface area (Å²) in [5.41, 5.74) is 1.50. The molecule has 0 atom stereocenters. The van der Waals surface area contributed by atoms with Gasteiger partial charge in [-0.1, -0.05) is 6.92 Å². The molecule has 3 heterocycles. The lowest BCUT2D eigenvalue weighted by atomic mass is 10.4. The summed E-state index contributed by atoms with van der Waals surface area (Å²) in [6.45, 7) is 1.95. The molecule has 0 amide bonds. The van der Waals surface area contributed by atoms with Crippen LogP contribution in [0.2, 0.25) is 0 Å². The van der Waals surface area contributed by atoms with Gasteiger partial charge in [-0.15, -0.1) is 0 Å². The van der Waals surface area contributed by atoms with Crippen LogP contribution in [0.3, 0.4) is 0 Å². The van der Waals surface area contributed by atoms with E-state index in [-0.39, 0.29) is 5.56 Å². The minimum atomic E-state index is -0.188. The number of nitrogens with zero attached hydrogens (tertiary/aromatic N) is 3. The number of halogens is 1. The number of imidazole rings is 1. The molecule has 1 N–H and O–H groups in total. The van der Waals surface area contributed by atoms with Gasteiger partial charge in [-0.05, 0) is 28.1 Å². The molecule has 0 aromatic carbocycles. The molecule has 0 aliphatic carbocycles. The zero-order chi connectivity index (χ0) is 12.0. The summed E-state index contributed by atoms with van der Waals surface area (Å²) in [6, 6.07) is 3.73. The molecular formula is C11H9BrN4O. The third-order valence-electron chi connectivity index (χ3n) is 2.61. The van der Waals surface area contributed by atoms with Crippen molar-refractivity contribution in [2.45, 2.75) is 13.3 Å². The maximum absolute atomic E-state index is 11.8. The summed E-state index contributed by atoms with van der Waals surface area (Å²) in [7, 11) is 0. The number of H-pyrrole nitrogens is 1. The molecule has 5 nitrogen and oxygen atoms in total. The Morgan fingerprint density at radius 2 is 2.24 bits per heavy atom. The summed E-state index contributed by atoms with van der Waals surface area (Å²) in [6.07, 6.45) is 2.54. The first kappa shape index (κ1) is 10.5. The van der Waals surface area contributed by atoms with Crippen molar-refractivity contribution in [1.29, 1.82) is 0 Å². The third-order valence-corrected chi connectivity index (χ3v) is 3.07. The smallest absolute Gasteiger partial charge is 0.279 e. The third kappa shape index (κ3) is 1.56. The van der Waals surface area contributed by atoms with Gasteiger partial charge in [0.1, 0.15) is 11.5 Å². The van der Waals surface area contributed by atoms with Crippen molar-refractivity contribution in [3.8, 4) is 0 Å². The van der Waals surface area contributed by atoms with Gasteiger partial charge in [-0.2, -0.15) is 0 Å². The fraction of sp³-hybridized carbons (Fsp3) is 0.182. The molecule has 0 radical (unpaired) electrons. The molecule has 3 rings (SSSR count). The molecule has 0 aliphatic rings. The average molecular weight is 293 g/mol. The summed E-state index contributed by atoms with van der Waals surface area (Å²) >= 11 is 3.39. The van der Waals surface area contributed by atoms with E-state index < -0.39 is 0 Å². The molecular weight excluding hydrogens is 284 g/mol. The molecule has 3 aromatic heterocycles. The van der Waals surface area contributed by atoms with Crippen molar-refractivity contribution in [1.82, 2.24) is 19.4 Å². The van der Waals surface area contributed by atoms with Gasteiger partial charge in [-0.25, -0.2) is 9.97 Å². The van der Waals surface area contributed by atoms with Crippen LogP contribution >= 0.6 is 15.9 Å². The predicted octanol–water partition coefficient (Wildman–Crippen LogP) is 1.90. The van der Waals surface area contributed by atoms with E-state index in [0.29, 0.717) is 23.4 Å². The van der Waals surface area contributed by atoms with Crippen molar-refractivity contribution in [2.24, 2.45) is 0 Å². The highest BCUT2D eigenvalue weighted by atomic mass is 79.9. The quantitative estimate of drug-likeness (QED) is 0.745. The Hall–Kier alpha value is -1.69. The van der Waals surface area contributed by atoms with Gasteiger partial charge in [-0.3, -0.25) is 9.20 Å². The molecule has 6 heteroatoms. The van der Waals surface area contributed by atoms with Crippen LogP contribution in [-0.2, 0) is 6.42 Å². The largest absolute Gasteiger partial charge is 0.309 e. The van der Waals surface area contributed by atoms with Crippen molar-refractivity contribution in [3.63, 3.8) is 0 Å². The van der Waals surface area contributed by atoms with Crippen molar-refractivity contribution < 1.29 is 0 Å². The number of fused-ring (bicyclic) bond motifs is 3. The number of pyridine rings is 1. The normalized spacial score (nSPS) is 11.4. The number of hydrogen-bond acceptors (Lipinski definition) is 3. The number of rotatable bonds is 1. The molecule has 0 aliphatic heterocycles. The van der Waals surface area contributed by atoms with Crippen LogP contribution in [-0.4, -0.2) is 19.4 Å². The first-order chi connectivity index (χ1) is 8.19. The molecule has 0 unspecified atom stereocenters. The monoisotopic (exact) mass is 292 g/mol. The molecule has 17 heavy (non-hydrogen) atoms. The lowest BCUT2D eigenvalue weighted by Crippen LogP contribution is -2.11. The Labute approximate surface area is 105 Å². The van der Waals surface area contributed by atoms with Gasteiger partial charge < -0.3 is 4.98 Å². The number of aromatic nitrogens is 4. The van der Waals surface area contributed by atoms with Gasteiger partial charge in [0.15, 0.2) is 11.2 Å². The fourth-order valence-electron chi connectivity index (χ4n) is 1.78. The number of nitrogens with one attached hydrogen (secondary N) is 1. The molecule has 86 valence electrons. The maximum Gasteiger partial charge on any atom is 0.279 e. The predicted molar refractivity (Wildman–Crippen MR) is 68.2 cm³/mol. The maximum atomic E-state index is 11.8. The SMILES string of the molecule is CCc1nc2c(nc3ccc(Br)cn32)c(=O)[nH]1. The Morgan fingerprint density at radius 1 is 1.41 bits per heavy atom. The lowest BCUT2D eigenvalue weighted by Gasteiger charge is -1.97. The first-order valence-corrected chi connectivity index (χ1v) is 6.05. The van der Waals surface area contributed by atoms with Crippen LogP contribution in [0.4, 0.5) is 0 Å². The number of hydrogen-bond donors (Lipinski definition) is 1. The van der Waals surface area contributed by atoms with Crippen LogP contribution in [0.5, 0.6) is 0 Å². The van der Waals surface area contributed by atoms with Crippen molar-refractivity contribution in [3.05, 3.63) is 39.0 Å². The van der Waals surface area contributed by atoms with Gasteiger partial charge in [0.2, 0.25) is 0 Å². The van der Waals surface area contributed by atoms with Crippen molar-refractivity contribution >= 4 is 32.7 Å². The van der Waals surface area contributed by atoms with E-state index in [1.54, 1.807) is 0 Å². The summed E-state index contributed by atoms with van der Waals surface area (Å²) in [5.74, 6) is 0.671. The number of aryl methyl sites for hydroxylation is 1. The van der Waals surface area contributed by atoms with Crippen LogP contribution in [0.1, 0.15) is 12.7 Å². The van der Waals surface area contributed by atoms with Gasteiger partial charge >= 0.3 is 0 Å². The zero-order valence-electron chi connectivity index (χ0n) is 9.07. The van der Waals surface area contributed by atoms with Crippen LogP contribution in [0.25, 0.3) is 16.8 Å². The van der Waals surface area contributed by atoms with Crippen LogP contribution < -0.4 is 5.56 Å². The van der Waals surface area contributed by atoms with E-state index >= 15 is 0 Å². The fourth-order valence-corrected chi connectivity index (χ4v) is 2.12. The summed E-state index contributed by atoms with van der Waals surface area (Å²) in [4.78, 5) is 23.2. The van der Waals surface area contributed by atoms with E-state index in [9.17, 15) is 4.79 Å². The van der Waals surface area contributed by atoms with Crippen LogP contribution in [0.15, 0.2) is 27.6 Å². The standard InChI is InChI=1S/C11H9BrN4O/c1-2-7-13-10-9(11(17)14-7)15-8-4-3-6(12)5-16(8)10/h3-5H,2H2,1H3,(H,13,14,17). The summed E-state index contributed by atoms with van der Waals surface area (Å²) in [5, 5.41) is 0. The molecule has 0 bridgehead atoms. The van der Waals surface area contributed by atoms with Gasteiger partial charge in [0.05, 0.1) is 0 Å². The Balaban J connectivity index is 2.54. The van der Waals surface area contributed by atoms with E-state index in [0.717, 1.165) is 10.1 Å². The summed E-state index contributed by atoms with van der Waals surface area (Å²) < 4.78 is 2.73. The Morgan fingerprint density at radius 3 is 3.00 bits per heavy atom. The Bertz CT molecular complexity index is 774. The molecule has 3 aromatic rings. The minimum absolute atomic E-state index is 0.188. The van der Waals surface area contributed by atoms with E-state index in [2.05, 4.69) is 30.9 Å². The molecule has 0 saturated heterocycles. The van der Waals surface area contributed by atoms with Crippen LogP contribution in [0, 0.1) is 0 Å². The molecule has 0 fully saturated rings. The molecule has 0 saturated carbocycles. The van der Waals surface area contributed by atoms with Gasteiger partial charge in [0.25, 0.3) is 5.56 Å². The highest BCUT2D eigenvalue weighted by molar-refractivity contribution is 9.10. The van der Waals surface area contributed by atoms with Crippen molar-refractivity contribution in [2.75, 3.05) is 0 Å². The second kappa shape index (κ2) is 3.66. The second-order valence-electron chi connectivity index (χ2n) is 3.73. The Kier molecular flexibility index (Phi) is 2.25. The van der Waals surface area contributed by atoms with E-state index in [1.807, 2.05) is 29.7 Å². The second-order valence-corrected chi connectivity index (χ2v) is 4.64. The van der Waals surface area contributed by atoms with E-state index in [1.165, 1.54) is 0 Å². The van der Waals surface area contributed by atoms with E-state index in [4.69, 9.17) is 0 Å². The highest BCUT2D eigenvalue weighted by Crippen LogP contribution is 2.16. The minimum Gasteiger partial charge on any atom is -0.309 e. The topological polar surface area (TPSA) is 63.1 Å². The first-order valence-electron chi connectivity index (χ1n) is 5.25. The lowest BCUT2D eigenvalue weighted by molar-refractivity contribution is 0.933.